The molecule has 5 heteroatoms. The van der Waals surface area contributed by atoms with Gasteiger partial charge in [0, 0.05) is 12.7 Å². The Morgan fingerprint density at radius 1 is 1.71 bits per heavy atom. The second kappa shape index (κ2) is 3.42. The van der Waals surface area contributed by atoms with E-state index in [2.05, 4.69) is 9.84 Å². The smallest absolute Gasteiger partial charge is 0.348 e. The van der Waals surface area contributed by atoms with Gasteiger partial charge in [0.1, 0.15) is 10.4 Å². The number of esters is 1. The quantitative estimate of drug-likeness (QED) is 0.711. The van der Waals surface area contributed by atoms with Crippen LogP contribution in [0.3, 0.4) is 0 Å². The first kappa shape index (κ1) is 9.21. The zero-order chi connectivity index (χ0) is 10.1. The summed E-state index contributed by atoms with van der Waals surface area (Å²) in [4.78, 5) is 11.8. The number of aryl methyl sites for hydroxylation is 1. The Morgan fingerprint density at radius 2 is 2.50 bits per heavy atom. The molecule has 2 rings (SSSR count). The van der Waals surface area contributed by atoms with Gasteiger partial charge >= 0.3 is 5.97 Å². The molecule has 2 aromatic rings. The number of hydrogen-bond acceptors (Lipinski definition) is 4. The maximum atomic E-state index is 11.2. The summed E-state index contributed by atoms with van der Waals surface area (Å²) in [5.41, 5.74) is 0.859. The lowest BCUT2D eigenvalue weighted by Crippen LogP contribution is -1.97. The van der Waals surface area contributed by atoms with Crippen LogP contribution >= 0.6 is 11.3 Å². The van der Waals surface area contributed by atoms with Gasteiger partial charge in [0.2, 0.25) is 0 Å². The van der Waals surface area contributed by atoms with Crippen LogP contribution in [0.2, 0.25) is 0 Å². The molecule has 0 saturated heterocycles. The summed E-state index contributed by atoms with van der Waals surface area (Å²) in [6.45, 7) is 2.87. The van der Waals surface area contributed by atoms with Gasteiger partial charge in [0.15, 0.2) is 0 Å². The molecule has 14 heavy (non-hydrogen) atoms. The molecule has 0 atom stereocenters. The number of rotatable bonds is 2. The molecular weight excluding hydrogens is 200 g/mol. The molecule has 0 spiro atoms. The van der Waals surface area contributed by atoms with Gasteiger partial charge in [0.05, 0.1) is 11.8 Å². The molecule has 4 nitrogen and oxygen atoms in total. The Kier molecular flexibility index (Phi) is 2.25. The van der Waals surface area contributed by atoms with E-state index >= 15 is 0 Å². The van der Waals surface area contributed by atoms with Crippen molar-refractivity contribution >= 4 is 27.5 Å². The van der Waals surface area contributed by atoms with Gasteiger partial charge in [-0.05, 0) is 13.0 Å². The average Bonchev–Trinajstić information content (AvgIpc) is 2.72. The average molecular weight is 210 g/mol. The van der Waals surface area contributed by atoms with Crippen molar-refractivity contribution in [3.8, 4) is 0 Å². The lowest BCUT2D eigenvalue weighted by molar-refractivity contribution is 0.0606. The summed E-state index contributed by atoms with van der Waals surface area (Å²) in [5, 5.41) is 4.29. The minimum Gasteiger partial charge on any atom is -0.465 e. The Morgan fingerprint density at radius 3 is 3.07 bits per heavy atom. The Bertz CT molecular complexity index is 441. The van der Waals surface area contributed by atoms with Gasteiger partial charge in [-0.15, -0.1) is 11.3 Å². The van der Waals surface area contributed by atoms with E-state index in [4.69, 9.17) is 0 Å². The van der Waals surface area contributed by atoms with E-state index in [0.29, 0.717) is 4.88 Å². The van der Waals surface area contributed by atoms with Crippen LogP contribution in [0.15, 0.2) is 12.3 Å². The lowest BCUT2D eigenvalue weighted by Gasteiger charge is -1.92. The van der Waals surface area contributed by atoms with Crippen LogP contribution in [0.1, 0.15) is 16.6 Å². The highest BCUT2D eigenvalue weighted by Crippen LogP contribution is 2.24. The minimum absolute atomic E-state index is 0.295. The van der Waals surface area contributed by atoms with Crippen molar-refractivity contribution in [2.24, 2.45) is 0 Å². The molecule has 0 saturated carbocycles. The van der Waals surface area contributed by atoms with Crippen LogP contribution in [-0.2, 0) is 11.3 Å². The number of thiophene rings is 1. The van der Waals surface area contributed by atoms with Crippen LogP contribution in [-0.4, -0.2) is 22.9 Å². The van der Waals surface area contributed by atoms with Crippen LogP contribution < -0.4 is 0 Å². The molecule has 2 heterocycles. The molecule has 0 unspecified atom stereocenters. The SMILES string of the molecule is CCn1cc2sc(C(=O)OC)cc2n1. The molecule has 0 aromatic carbocycles. The first-order valence-corrected chi connectivity index (χ1v) is 5.11. The largest absolute Gasteiger partial charge is 0.465 e. The first-order valence-electron chi connectivity index (χ1n) is 4.30. The van der Waals surface area contributed by atoms with Crippen molar-refractivity contribution in [3.63, 3.8) is 0 Å². The van der Waals surface area contributed by atoms with Crippen LogP contribution in [0.25, 0.3) is 10.2 Å². The van der Waals surface area contributed by atoms with Crippen molar-refractivity contribution in [2.75, 3.05) is 7.11 Å². The molecule has 0 N–H and O–H groups in total. The van der Waals surface area contributed by atoms with Gasteiger partial charge in [-0.1, -0.05) is 0 Å². The van der Waals surface area contributed by atoms with Crippen molar-refractivity contribution in [1.82, 2.24) is 9.78 Å². The standard InChI is InChI=1S/C9H10N2O2S/c1-3-11-5-8-6(10-11)4-7(14-8)9(12)13-2/h4-5H,3H2,1-2H3. The number of carbonyl (C=O) groups is 1. The topological polar surface area (TPSA) is 44.1 Å². The molecule has 0 aliphatic carbocycles. The molecule has 0 aliphatic rings. The summed E-state index contributed by atoms with van der Waals surface area (Å²) < 4.78 is 7.50. The summed E-state index contributed by atoms with van der Waals surface area (Å²) in [7, 11) is 1.38. The highest BCUT2D eigenvalue weighted by Gasteiger charge is 2.12. The van der Waals surface area contributed by atoms with Crippen LogP contribution in [0.5, 0.6) is 0 Å². The molecule has 74 valence electrons. The molecule has 0 fully saturated rings. The summed E-state index contributed by atoms with van der Waals surface area (Å²) >= 11 is 1.41. The molecule has 0 bridgehead atoms. The third kappa shape index (κ3) is 1.39. The Hall–Kier alpha value is -1.36. The van der Waals surface area contributed by atoms with Crippen molar-refractivity contribution in [1.29, 1.82) is 0 Å². The van der Waals surface area contributed by atoms with Gasteiger partial charge in [0.25, 0.3) is 0 Å². The van der Waals surface area contributed by atoms with E-state index in [0.717, 1.165) is 16.8 Å². The predicted octanol–water partition coefficient (Wildman–Crippen LogP) is 1.90. The van der Waals surface area contributed by atoms with E-state index < -0.39 is 0 Å². The second-order valence-electron chi connectivity index (χ2n) is 2.84. The summed E-state index contributed by atoms with van der Waals surface area (Å²) in [6.07, 6.45) is 1.94. The molecule has 0 radical (unpaired) electrons. The molecule has 0 amide bonds. The van der Waals surface area contributed by atoms with Gasteiger partial charge in [-0.2, -0.15) is 5.10 Å². The number of nitrogens with zero attached hydrogens (tertiary/aromatic N) is 2. The normalized spacial score (nSPS) is 10.7. The van der Waals surface area contributed by atoms with E-state index in [9.17, 15) is 4.79 Å². The number of hydrogen-bond donors (Lipinski definition) is 0. The first-order chi connectivity index (χ1) is 6.74. The predicted molar refractivity (Wildman–Crippen MR) is 54.6 cm³/mol. The van der Waals surface area contributed by atoms with E-state index in [-0.39, 0.29) is 5.97 Å². The maximum absolute atomic E-state index is 11.2. The monoisotopic (exact) mass is 210 g/mol. The Balaban J connectivity index is 2.44. The zero-order valence-electron chi connectivity index (χ0n) is 7.98. The summed E-state index contributed by atoms with van der Waals surface area (Å²) in [5.74, 6) is -0.295. The van der Waals surface area contributed by atoms with E-state index in [1.54, 1.807) is 6.07 Å². The fraction of sp³-hybridized carbons (Fsp3) is 0.333. The van der Waals surface area contributed by atoms with Crippen molar-refractivity contribution in [2.45, 2.75) is 13.5 Å². The highest BCUT2D eigenvalue weighted by molar-refractivity contribution is 7.20. The van der Waals surface area contributed by atoms with E-state index in [1.165, 1.54) is 18.4 Å². The third-order valence-corrected chi connectivity index (χ3v) is 2.99. The Labute approximate surface area is 85.1 Å². The summed E-state index contributed by atoms with van der Waals surface area (Å²) in [6, 6.07) is 1.76. The van der Waals surface area contributed by atoms with Crippen molar-refractivity contribution < 1.29 is 9.53 Å². The van der Waals surface area contributed by atoms with Crippen molar-refractivity contribution in [3.05, 3.63) is 17.1 Å². The number of methoxy groups -OCH3 is 1. The number of carbonyl (C=O) groups excluding carboxylic acids is 1. The fourth-order valence-electron chi connectivity index (χ4n) is 1.23. The minimum atomic E-state index is -0.295. The fourth-order valence-corrected chi connectivity index (χ4v) is 2.18. The molecular formula is C9H10N2O2S. The number of aromatic nitrogens is 2. The van der Waals surface area contributed by atoms with Gasteiger partial charge in [-0.25, -0.2) is 4.79 Å². The zero-order valence-corrected chi connectivity index (χ0v) is 8.80. The molecule has 2 aromatic heterocycles. The van der Waals surface area contributed by atoms with Gasteiger partial charge < -0.3 is 4.74 Å². The third-order valence-electron chi connectivity index (χ3n) is 1.95. The van der Waals surface area contributed by atoms with Crippen LogP contribution in [0, 0.1) is 0 Å². The lowest BCUT2D eigenvalue weighted by atomic mass is 10.4. The van der Waals surface area contributed by atoms with Gasteiger partial charge in [-0.3, -0.25) is 4.68 Å². The van der Waals surface area contributed by atoms with E-state index in [1.807, 2.05) is 17.8 Å². The van der Waals surface area contributed by atoms with Crippen LogP contribution in [0.4, 0.5) is 0 Å². The second-order valence-corrected chi connectivity index (χ2v) is 3.92. The number of ether oxygens (including phenoxy) is 1. The maximum Gasteiger partial charge on any atom is 0.348 e. The molecule has 0 aliphatic heterocycles. The highest BCUT2D eigenvalue weighted by atomic mass is 32.1. The number of fused-ring (bicyclic) bond motifs is 1.